The zero-order valence-electron chi connectivity index (χ0n) is 25.3. The number of rotatable bonds is 7. The molecule has 0 amide bonds. The van der Waals surface area contributed by atoms with Crippen LogP contribution < -0.4 is 10.1 Å². The molecule has 222 valence electrons. The number of nitrogens with zero attached hydrogens (tertiary/aromatic N) is 8. The van der Waals surface area contributed by atoms with Gasteiger partial charge in [-0.25, -0.2) is 24.9 Å². The third kappa shape index (κ3) is 6.08. The maximum Gasteiger partial charge on any atom is 0.213 e. The Bertz CT molecular complexity index is 1520. The number of imidazole rings is 1. The molecule has 11 nitrogen and oxygen atoms in total. The van der Waals surface area contributed by atoms with Crippen LogP contribution in [0, 0.1) is 6.92 Å². The van der Waals surface area contributed by atoms with Gasteiger partial charge in [-0.15, -0.1) is 0 Å². The minimum Gasteiger partial charge on any atom is -0.481 e. The van der Waals surface area contributed by atoms with Crippen LogP contribution in [0.15, 0.2) is 36.9 Å². The number of anilines is 2. The quantitative estimate of drug-likeness (QED) is 0.327. The molecule has 2 aliphatic heterocycles. The molecule has 1 atom stereocenters. The second-order valence-electron chi connectivity index (χ2n) is 12.2. The number of aromatic nitrogens is 6. The molecular weight excluding hydrogens is 530 g/mol. The lowest BCUT2D eigenvalue weighted by Gasteiger charge is -2.42. The Morgan fingerprint density at radius 2 is 1.86 bits per heavy atom. The first kappa shape index (κ1) is 28.4. The molecule has 6 rings (SSSR count). The summed E-state index contributed by atoms with van der Waals surface area (Å²) in [5.41, 5.74) is 5.27. The van der Waals surface area contributed by atoms with Crippen molar-refractivity contribution < 1.29 is 9.47 Å². The summed E-state index contributed by atoms with van der Waals surface area (Å²) >= 11 is 0. The van der Waals surface area contributed by atoms with Crippen molar-refractivity contribution in [1.82, 2.24) is 39.3 Å². The lowest BCUT2D eigenvalue weighted by molar-refractivity contribution is -0.0298. The Balaban J connectivity index is 1.36. The number of hydrogen-bond acceptors (Lipinski definition) is 10. The molecular formula is C31H41N9O2. The highest BCUT2D eigenvalue weighted by Crippen LogP contribution is 2.35. The molecule has 0 spiro atoms. The summed E-state index contributed by atoms with van der Waals surface area (Å²) in [5, 5.41) is 3.46. The second-order valence-corrected chi connectivity index (χ2v) is 12.2. The highest BCUT2D eigenvalue weighted by Gasteiger charge is 2.27. The van der Waals surface area contributed by atoms with Gasteiger partial charge in [-0.2, -0.15) is 0 Å². The summed E-state index contributed by atoms with van der Waals surface area (Å²) in [7, 11) is 1.61. The molecule has 11 heteroatoms. The van der Waals surface area contributed by atoms with E-state index in [1.54, 1.807) is 13.3 Å². The van der Waals surface area contributed by atoms with Crippen molar-refractivity contribution in [3.63, 3.8) is 0 Å². The van der Waals surface area contributed by atoms with E-state index in [2.05, 4.69) is 51.5 Å². The van der Waals surface area contributed by atoms with Crippen LogP contribution in [0.2, 0.25) is 0 Å². The maximum atomic E-state index is 6.08. The van der Waals surface area contributed by atoms with E-state index in [0.717, 1.165) is 92.3 Å². The molecule has 0 saturated carbocycles. The maximum absolute atomic E-state index is 6.08. The van der Waals surface area contributed by atoms with Gasteiger partial charge in [0.1, 0.15) is 29.1 Å². The topological polar surface area (TPSA) is 106 Å². The van der Waals surface area contributed by atoms with Gasteiger partial charge in [0, 0.05) is 62.7 Å². The van der Waals surface area contributed by atoms with Crippen molar-refractivity contribution in [3.05, 3.63) is 48.3 Å². The van der Waals surface area contributed by atoms with E-state index < -0.39 is 0 Å². The van der Waals surface area contributed by atoms with Crippen LogP contribution in [0.4, 0.5) is 11.5 Å². The zero-order valence-corrected chi connectivity index (χ0v) is 25.3. The van der Waals surface area contributed by atoms with Crippen LogP contribution in [0.3, 0.4) is 0 Å². The molecule has 0 bridgehead atoms. The molecule has 6 heterocycles. The van der Waals surface area contributed by atoms with E-state index in [4.69, 9.17) is 29.4 Å². The number of pyridine rings is 2. The predicted molar refractivity (Wildman–Crippen MR) is 163 cm³/mol. The number of ether oxygens (including phenoxy) is 2. The lowest BCUT2D eigenvalue weighted by Crippen LogP contribution is -2.53. The Kier molecular flexibility index (Phi) is 8.06. The van der Waals surface area contributed by atoms with Gasteiger partial charge in [0.05, 0.1) is 25.3 Å². The van der Waals surface area contributed by atoms with E-state index in [1.165, 1.54) is 0 Å². The predicted octanol–water partition coefficient (Wildman–Crippen LogP) is 4.96. The lowest BCUT2D eigenvalue weighted by atomic mass is 10.0. The normalized spacial score (nSPS) is 18.8. The van der Waals surface area contributed by atoms with Gasteiger partial charge in [-0.3, -0.25) is 14.4 Å². The van der Waals surface area contributed by atoms with Crippen LogP contribution in [-0.2, 0) is 11.3 Å². The van der Waals surface area contributed by atoms with Gasteiger partial charge in [0.15, 0.2) is 5.65 Å². The molecule has 42 heavy (non-hydrogen) atoms. The van der Waals surface area contributed by atoms with Gasteiger partial charge in [0.25, 0.3) is 0 Å². The first-order valence-electron chi connectivity index (χ1n) is 14.8. The number of nitrogens with one attached hydrogen (secondary N) is 1. The van der Waals surface area contributed by atoms with E-state index in [9.17, 15) is 0 Å². The molecule has 2 fully saturated rings. The Labute approximate surface area is 247 Å². The van der Waals surface area contributed by atoms with Crippen LogP contribution >= 0.6 is 0 Å². The highest BCUT2D eigenvalue weighted by atomic mass is 16.5. The monoisotopic (exact) mass is 571 g/mol. The average molecular weight is 572 g/mol. The van der Waals surface area contributed by atoms with Crippen LogP contribution in [0.25, 0.3) is 22.4 Å². The minimum atomic E-state index is -0.0647. The number of hydrogen-bond donors (Lipinski definition) is 1. The summed E-state index contributed by atoms with van der Waals surface area (Å²) in [6.45, 7) is 14.5. The fraction of sp³-hybridized carbons (Fsp3) is 0.516. The molecule has 1 N–H and O–H groups in total. The van der Waals surface area contributed by atoms with Crippen LogP contribution in [0.1, 0.15) is 57.6 Å². The van der Waals surface area contributed by atoms with Crippen LogP contribution in [0.5, 0.6) is 5.88 Å². The van der Waals surface area contributed by atoms with E-state index >= 15 is 0 Å². The minimum absolute atomic E-state index is 0.0647. The Morgan fingerprint density at radius 1 is 1.02 bits per heavy atom. The molecule has 4 aromatic rings. The van der Waals surface area contributed by atoms with Gasteiger partial charge in [0.2, 0.25) is 5.88 Å². The summed E-state index contributed by atoms with van der Waals surface area (Å²) < 4.78 is 13.4. The van der Waals surface area contributed by atoms with E-state index in [0.29, 0.717) is 17.5 Å². The molecule has 0 radical (unpaired) electrons. The molecule has 0 aromatic carbocycles. The molecule has 0 aliphatic carbocycles. The highest BCUT2D eigenvalue weighted by molar-refractivity contribution is 5.92. The number of piperazine rings is 1. The van der Waals surface area contributed by atoms with Gasteiger partial charge < -0.3 is 14.8 Å². The van der Waals surface area contributed by atoms with Crippen molar-refractivity contribution >= 4 is 22.7 Å². The Morgan fingerprint density at radius 3 is 2.55 bits per heavy atom. The first-order valence-corrected chi connectivity index (χ1v) is 14.8. The molecule has 1 unspecified atom stereocenters. The number of aryl methyl sites for hydroxylation is 1. The molecule has 2 saturated heterocycles. The van der Waals surface area contributed by atoms with Crippen molar-refractivity contribution in [2.24, 2.45) is 0 Å². The van der Waals surface area contributed by atoms with Crippen molar-refractivity contribution in [2.75, 3.05) is 45.2 Å². The Hall–Kier alpha value is -3.67. The summed E-state index contributed by atoms with van der Waals surface area (Å²) in [6.07, 6.45) is 8.63. The largest absolute Gasteiger partial charge is 0.481 e. The third-order valence-electron chi connectivity index (χ3n) is 8.13. The number of methoxy groups -OCH3 is 1. The smallest absolute Gasteiger partial charge is 0.213 e. The fourth-order valence-electron chi connectivity index (χ4n) is 5.79. The van der Waals surface area contributed by atoms with Gasteiger partial charge >= 0.3 is 0 Å². The average Bonchev–Trinajstić information content (AvgIpc) is 3.42. The summed E-state index contributed by atoms with van der Waals surface area (Å²) in [4.78, 5) is 28.9. The fourth-order valence-corrected chi connectivity index (χ4v) is 5.79. The van der Waals surface area contributed by atoms with Crippen molar-refractivity contribution in [1.29, 1.82) is 0 Å². The second kappa shape index (κ2) is 11.9. The third-order valence-corrected chi connectivity index (χ3v) is 8.13. The van der Waals surface area contributed by atoms with Gasteiger partial charge in [-0.05, 0) is 64.7 Å². The summed E-state index contributed by atoms with van der Waals surface area (Å²) in [5.74, 6) is 1.92. The van der Waals surface area contributed by atoms with E-state index in [1.807, 2.05) is 31.6 Å². The molecule has 2 aliphatic rings. The molecule has 4 aromatic heterocycles. The standard InChI is InChI=1S/C31H41N9O2/c1-21-35-27(28-30(36-21)40(20-34-28)26-8-6-7-15-42-26)24-16-22(19-38-11-13-39(14-12-38)31(2,3)4)17-33-29(24)37-23-9-10-25(41-5)32-18-23/h9-10,16-18,20,26H,6-8,11-15,19H2,1-5H3,(H,33,37). The van der Waals surface area contributed by atoms with Crippen LogP contribution in [-0.4, -0.2) is 84.7 Å². The summed E-state index contributed by atoms with van der Waals surface area (Å²) in [6, 6.07) is 5.95. The van der Waals surface area contributed by atoms with Gasteiger partial charge in [-0.1, -0.05) is 0 Å². The van der Waals surface area contributed by atoms with Crippen molar-refractivity contribution in [3.8, 4) is 17.1 Å². The SMILES string of the molecule is COc1ccc(Nc2ncc(CN3CCN(C(C)(C)C)CC3)cc2-c2nc(C)nc3c2ncn3C2CCCCO2)cn1. The zero-order chi connectivity index (χ0) is 29.3. The number of fused-ring (bicyclic) bond motifs is 1. The van der Waals surface area contributed by atoms with Crippen molar-refractivity contribution in [2.45, 2.75) is 65.3 Å². The van der Waals surface area contributed by atoms with E-state index in [-0.39, 0.29) is 11.8 Å². The first-order chi connectivity index (χ1) is 20.3.